The van der Waals surface area contributed by atoms with Crippen LogP contribution in [0, 0.1) is 24.1 Å². The van der Waals surface area contributed by atoms with Crippen LogP contribution in [0.4, 0.5) is 4.39 Å². The molecule has 0 aliphatic rings. The summed E-state index contributed by atoms with van der Waals surface area (Å²) >= 11 is 0. The minimum Gasteiger partial charge on any atom is -0.494 e. The Morgan fingerprint density at radius 2 is 2.00 bits per heavy atom. The van der Waals surface area contributed by atoms with E-state index in [4.69, 9.17) is 10.00 Å². The largest absolute Gasteiger partial charge is 0.494 e. The SMILES string of the molecule is COc1cc2c(C)cc(C#N)cc2cc1F. The van der Waals surface area contributed by atoms with Gasteiger partial charge in [-0.3, -0.25) is 0 Å². The van der Waals surface area contributed by atoms with Gasteiger partial charge in [-0.05, 0) is 47.5 Å². The molecule has 0 fully saturated rings. The van der Waals surface area contributed by atoms with Crippen LogP contribution in [0.25, 0.3) is 10.8 Å². The van der Waals surface area contributed by atoms with Crippen LogP contribution in [0.15, 0.2) is 24.3 Å². The van der Waals surface area contributed by atoms with E-state index in [1.54, 1.807) is 18.2 Å². The van der Waals surface area contributed by atoms with Crippen molar-refractivity contribution in [2.45, 2.75) is 6.92 Å². The predicted molar refractivity (Wildman–Crippen MR) is 59.9 cm³/mol. The first-order valence-corrected chi connectivity index (χ1v) is 4.83. The van der Waals surface area contributed by atoms with E-state index in [2.05, 4.69) is 6.07 Å². The third-order valence-electron chi connectivity index (χ3n) is 2.56. The molecule has 0 aliphatic carbocycles. The number of benzene rings is 2. The third kappa shape index (κ3) is 1.59. The third-order valence-corrected chi connectivity index (χ3v) is 2.56. The maximum Gasteiger partial charge on any atom is 0.165 e. The van der Waals surface area contributed by atoms with Gasteiger partial charge in [-0.15, -0.1) is 0 Å². The zero-order valence-electron chi connectivity index (χ0n) is 9.04. The van der Waals surface area contributed by atoms with Crippen molar-refractivity contribution in [1.82, 2.24) is 0 Å². The molecule has 2 rings (SSSR count). The van der Waals surface area contributed by atoms with Crippen LogP contribution in [0.5, 0.6) is 5.75 Å². The molecule has 0 atom stereocenters. The number of hydrogen-bond donors (Lipinski definition) is 0. The van der Waals surface area contributed by atoms with Crippen molar-refractivity contribution < 1.29 is 9.13 Å². The van der Waals surface area contributed by atoms with Gasteiger partial charge < -0.3 is 4.74 Å². The number of fused-ring (bicyclic) bond motifs is 1. The highest BCUT2D eigenvalue weighted by molar-refractivity contribution is 5.88. The second kappa shape index (κ2) is 3.82. The highest BCUT2D eigenvalue weighted by Gasteiger charge is 2.07. The fourth-order valence-corrected chi connectivity index (χ4v) is 1.77. The average Bonchev–Trinajstić information content (AvgIpc) is 2.28. The molecule has 0 saturated carbocycles. The molecule has 0 aromatic heterocycles. The first kappa shape index (κ1) is 10.4. The predicted octanol–water partition coefficient (Wildman–Crippen LogP) is 3.17. The number of halogens is 1. The lowest BCUT2D eigenvalue weighted by molar-refractivity contribution is 0.387. The monoisotopic (exact) mass is 215 g/mol. The Bertz CT molecular complexity index is 599. The number of aryl methyl sites for hydroxylation is 1. The molecule has 16 heavy (non-hydrogen) atoms. The summed E-state index contributed by atoms with van der Waals surface area (Å²) < 4.78 is 18.4. The molecule has 80 valence electrons. The van der Waals surface area contributed by atoms with Gasteiger partial charge >= 0.3 is 0 Å². The lowest BCUT2D eigenvalue weighted by Crippen LogP contribution is -1.90. The standard InChI is InChI=1S/C13H10FNO/c1-8-3-9(7-15)4-10-5-12(14)13(16-2)6-11(8)10/h3-6H,1-2H3. The quantitative estimate of drug-likeness (QED) is 0.732. The van der Waals surface area contributed by atoms with Crippen molar-refractivity contribution in [3.63, 3.8) is 0 Å². The van der Waals surface area contributed by atoms with Gasteiger partial charge in [-0.2, -0.15) is 5.26 Å². The van der Waals surface area contributed by atoms with Crippen molar-refractivity contribution in [3.05, 3.63) is 41.2 Å². The van der Waals surface area contributed by atoms with Crippen molar-refractivity contribution in [2.75, 3.05) is 7.11 Å². The molecule has 0 N–H and O–H groups in total. The van der Waals surface area contributed by atoms with Crippen LogP contribution in [-0.4, -0.2) is 7.11 Å². The van der Waals surface area contributed by atoms with E-state index >= 15 is 0 Å². The van der Waals surface area contributed by atoms with Gasteiger partial charge in [0.05, 0.1) is 18.7 Å². The molecule has 0 bridgehead atoms. The second-order valence-corrected chi connectivity index (χ2v) is 3.61. The summed E-state index contributed by atoms with van der Waals surface area (Å²) in [6, 6.07) is 8.55. The number of methoxy groups -OCH3 is 1. The maximum atomic E-state index is 13.5. The Kier molecular flexibility index (Phi) is 2.49. The number of hydrogen-bond acceptors (Lipinski definition) is 2. The minimum absolute atomic E-state index is 0.223. The van der Waals surface area contributed by atoms with E-state index in [0.29, 0.717) is 5.56 Å². The van der Waals surface area contributed by atoms with Crippen LogP contribution < -0.4 is 4.74 Å². The highest BCUT2D eigenvalue weighted by Crippen LogP contribution is 2.27. The lowest BCUT2D eigenvalue weighted by Gasteiger charge is -2.07. The Balaban J connectivity index is 2.81. The zero-order chi connectivity index (χ0) is 11.7. The summed E-state index contributed by atoms with van der Waals surface area (Å²) in [5.74, 6) is -0.190. The van der Waals surface area contributed by atoms with E-state index in [1.165, 1.54) is 13.2 Å². The van der Waals surface area contributed by atoms with Gasteiger partial charge in [0, 0.05) is 0 Å². The number of nitriles is 1. The van der Waals surface area contributed by atoms with Gasteiger partial charge in [0.15, 0.2) is 11.6 Å². The Hall–Kier alpha value is -2.08. The second-order valence-electron chi connectivity index (χ2n) is 3.61. The van der Waals surface area contributed by atoms with E-state index < -0.39 is 5.82 Å². The normalized spacial score (nSPS) is 10.1. The number of nitrogens with zero attached hydrogens (tertiary/aromatic N) is 1. The maximum absolute atomic E-state index is 13.5. The minimum atomic E-state index is -0.413. The van der Waals surface area contributed by atoms with E-state index in [9.17, 15) is 4.39 Å². The van der Waals surface area contributed by atoms with E-state index in [-0.39, 0.29) is 5.75 Å². The van der Waals surface area contributed by atoms with Crippen LogP contribution in [0.2, 0.25) is 0 Å². The molecule has 2 nitrogen and oxygen atoms in total. The van der Waals surface area contributed by atoms with Gasteiger partial charge in [-0.1, -0.05) is 0 Å². The van der Waals surface area contributed by atoms with Crippen molar-refractivity contribution >= 4 is 10.8 Å². The van der Waals surface area contributed by atoms with Gasteiger partial charge in [0.25, 0.3) is 0 Å². The van der Waals surface area contributed by atoms with Crippen LogP contribution in [-0.2, 0) is 0 Å². The Morgan fingerprint density at radius 1 is 1.25 bits per heavy atom. The summed E-state index contributed by atoms with van der Waals surface area (Å²) in [6.45, 7) is 1.89. The molecule has 2 aromatic carbocycles. The van der Waals surface area contributed by atoms with E-state index in [0.717, 1.165) is 16.3 Å². The Morgan fingerprint density at radius 3 is 2.62 bits per heavy atom. The van der Waals surface area contributed by atoms with Crippen LogP contribution >= 0.6 is 0 Å². The van der Waals surface area contributed by atoms with Crippen LogP contribution in [0.3, 0.4) is 0 Å². The molecule has 3 heteroatoms. The first-order valence-electron chi connectivity index (χ1n) is 4.83. The smallest absolute Gasteiger partial charge is 0.165 e. The van der Waals surface area contributed by atoms with Crippen LogP contribution in [0.1, 0.15) is 11.1 Å². The molecular weight excluding hydrogens is 205 g/mol. The molecule has 2 aromatic rings. The molecule has 0 spiro atoms. The van der Waals surface area contributed by atoms with Gasteiger partial charge in [0.1, 0.15) is 0 Å². The zero-order valence-corrected chi connectivity index (χ0v) is 9.04. The average molecular weight is 215 g/mol. The van der Waals surface area contributed by atoms with E-state index in [1.807, 2.05) is 6.92 Å². The summed E-state index contributed by atoms with van der Waals surface area (Å²) in [5, 5.41) is 10.4. The molecule has 0 radical (unpaired) electrons. The Labute approximate surface area is 92.9 Å². The fourth-order valence-electron chi connectivity index (χ4n) is 1.77. The summed E-state index contributed by atoms with van der Waals surface area (Å²) in [6.07, 6.45) is 0. The topological polar surface area (TPSA) is 33.0 Å². The highest BCUT2D eigenvalue weighted by atomic mass is 19.1. The van der Waals surface area contributed by atoms with Crippen molar-refractivity contribution in [2.24, 2.45) is 0 Å². The fraction of sp³-hybridized carbons (Fsp3) is 0.154. The molecule has 0 aliphatic heterocycles. The number of rotatable bonds is 1. The van der Waals surface area contributed by atoms with Gasteiger partial charge in [-0.25, -0.2) is 4.39 Å². The molecule has 0 heterocycles. The molecule has 0 saturated heterocycles. The molecule has 0 unspecified atom stereocenters. The number of ether oxygens (including phenoxy) is 1. The summed E-state index contributed by atoms with van der Waals surface area (Å²) in [5.41, 5.74) is 1.47. The summed E-state index contributed by atoms with van der Waals surface area (Å²) in [4.78, 5) is 0. The van der Waals surface area contributed by atoms with Crippen molar-refractivity contribution in [3.8, 4) is 11.8 Å². The summed E-state index contributed by atoms with van der Waals surface area (Å²) in [7, 11) is 1.43. The van der Waals surface area contributed by atoms with Gasteiger partial charge in [0.2, 0.25) is 0 Å². The molecule has 0 amide bonds. The van der Waals surface area contributed by atoms with Crippen molar-refractivity contribution in [1.29, 1.82) is 5.26 Å². The first-order chi connectivity index (χ1) is 7.65. The lowest BCUT2D eigenvalue weighted by atomic mass is 10.0. The molecular formula is C13H10FNO.